The molecule has 14 nitrogen and oxygen atoms in total. The van der Waals surface area contributed by atoms with Crippen LogP contribution >= 0.6 is 0 Å². The van der Waals surface area contributed by atoms with Gasteiger partial charge in [0.15, 0.2) is 0 Å². The number of hydrogen-bond acceptors (Lipinski definition) is 7. The van der Waals surface area contributed by atoms with E-state index in [4.69, 9.17) is 22.3 Å². The molecule has 11 N–H and O–H groups in total. The number of hydrogen-bond donors (Lipinski definition) is 8. The predicted octanol–water partition coefficient (Wildman–Crippen LogP) is -2.65. The molecular formula is C22H29N7O7. The molecule has 2 rings (SSSR count). The van der Waals surface area contributed by atoms with Crippen molar-refractivity contribution in [2.75, 3.05) is 0 Å². The number of carboxylic acids is 1. The van der Waals surface area contributed by atoms with Crippen LogP contribution in [0, 0.1) is 0 Å². The molecule has 4 unspecified atom stereocenters. The van der Waals surface area contributed by atoms with Crippen LogP contribution in [0.5, 0.6) is 0 Å². The number of H-pyrrole nitrogens is 1. The number of carbonyl (C=O) groups is 6. The fraction of sp³-hybridized carbons (Fsp3) is 0.364. The van der Waals surface area contributed by atoms with Crippen LogP contribution in [0.2, 0.25) is 0 Å². The average Bonchev–Trinajstić information content (AvgIpc) is 3.20. The van der Waals surface area contributed by atoms with Crippen LogP contribution < -0.4 is 33.2 Å². The third kappa shape index (κ3) is 7.80. The van der Waals surface area contributed by atoms with E-state index in [1.807, 2.05) is 24.3 Å². The van der Waals surface area contributed by atoms with Gasteiger partial charge in [0, 0.05) is 17.1 Å². The summed E-state index contributed by atoms with van der Waals surface area (Å²) >= 11 is 0. The molecule has 0 saturated carbocycles. The number of nitrogens with one attached hydrogen (secondary N) is 4. The van der Waals surface area contributed by atoms with Gasteiger partial charge in [0.05, 0.1) is 18.9 Å². The zero-order valence-electron chi connectivity index (χ0n) is 19.4. The fourth-order valence-electron chi connectivity index (χ4n) is 3.38. The van der Waals surface area contributed by atoms with Gasteiger partial charge in [-0.1, -0.05) is 18.2 Å². The molecule has 0 aliphatic carbocycles. The van der Waals surface area contributed by atoms with E-state index in [1.54, 1.807) is 6.20 Å². The van der Waals surface area contributed by atoms with E-state index in [9.17, 15) is 28.8 Å². The van der Waals surface area contributed by atoms with Gasteiger partial charge in [-0.2, -0.15) is 0 Å². The monoisotopic (exact) mass is 503 g/mol. The highest BCUT2D eigenvalue weighted by molar-refractivity contribution is 5.97. The molecule has 0 bridgehead atoms. The van der Waals surface area contributed by atoms with Crippen molar-refractivity contribution < 1.29 is 33.9 Å². The average molecular weight is 504 g/mol. The zero-order valence-corrected chi connectivity index (χ0v) is 19.4. The fourth-order valence-corrected chi connectivity index (χ4v) is 3.38. The van der Waals surface area contributed by atoms with Crippen LogP contribution in [-0.4, -0.2) is 69.8 Å². The molecule has 36 heavy (non-hydrogen) atoms. The number of benzene rings is 1. The Balaban J connectivity index is 2.12. The largest absolute Gasteiger partial charge is 0.480 e. The van der Waals surface area contributed by atoms with E-state index in [1.165, 1.54) is 6.92 Å². The third-order valence-corrected chi connectivity index (χ3v) is 5.26. The number of carboxylic acid groups (broad SMARTS) is 1. The number of amides is 5. The van der Waals surface area contributed by atoms with E-state index < -0.39 is 72.5 Å². The number of rotatable bonds is 13. The Labute approximate surface area is 205 Å². The summed E-state index contributed by atoms with van der Waals surface area (Å²) in [5, 5.41) is 16.5. The number of para-hydroxylation sites is 1. The summed E-state index contributed by atoms with van der Waals surface area (Å²) in [6, 6.07) is 1.86. The van der Waals surface area contributed by atoms with Crippen molar-refractivity contribution in [3.05, 3.63) is 36.0 Å². The van der Waals surface area contributed by atoms with E-state index in [0.29, 0.717) is 0 Å². The Kier molecular flexibility index (Phi) is 9.50. The normalized spacial score (nSPS) is 14.2. The van der Waals surface area contributed by atoms with E-state index in [-0.39, 0.29) is 6.42 Å². The summed E-state index contributed by atoms with van der Waals surface area (Å²) in [7, 11) is 0. The van der Waals surface area contributed by atoms with Crippen LogP contribution in [-0.2, 0) is 35.2 Å². The van der Waals surface area contributed by atoms with E-state index in [2.05, 4.69) is 20.9 Å². The molecular weight excluding hydrogens is 474 g/mol. The highest BCUT2D eigenvalue weighted by Crippen LogP contribution is 2.18. The maximum Gasteiger partial charge on any atom is 0.325 e. The number of carbonyl (C=O) groups excluding carboxylic acids is 5. The quantitative estimate of drug-likeness (QED) is 0.143. The molecule has 0 fully saturated rings. The van der Waals surface area contributed by atoms with Crippen molar-refractivity contribution in [3.8, 4) is 0 Å². The Morgan fingerprint density at radius 2 is 1.42 bits per heavy atom. The summed E-state index contributed by atoms with van der Waals surface area (Å²) in [6.07, 6.45) is 0.520. The van der Waals surface area contributed by atoms with Gasteiger partial charge in [-0.25, -0.2) is 0 Å². The van der Waals surface area contributed by atoms with Gasteiger partial charge in [-0.05, 0) is 25.0 Å². The lowest BCUT2D eigenvalue weighted by Gasteiger charge is -2.23. The number of nitrogens with two attached hydrogens (primary N) is 3. The molecule has 4 atom stereocenters. The molecule has 14 heteroatoms. The summed E-state index contributed by atoms with van der Waals surface area (Å²) < 4.78 is 0. The molecule has 2 aromatic rings. The summed E-state index contributed by atoms with van der Waals surface area (Å²) in [6.45, 7) is 1.18. The summed E-state index contributed by atoms with van der Waals surface area (Å²) in [5.41, 5.74) is 18.0. The van der Waals surface area contributed by atoms with Crippen LogP contribution in [0.25, 0.3) is 10.9 Å². The minimum absolute atomic E-state index is 0.112. The summed E-state index contributed by atoms with van der Waals surface area (Å²) in [5.74, 6) is -6.04. The number of aliphatic carboxylic acids is 1. The third-order valence-electron chi connectivity index (χ3n) is 5.26. The highest BCUT2D eigenvalue weighted by Gasteiger charge is 2.31. The molecule has 0 radical (unpaired) electrons. The second kappa shape index (κ2) is 12.3. The van der Waals surface area contributed by atoms with Gasteiger partial charge in [-0.3, -0.25) is 28.8 Å². The minimum atomic E-state index is -1.57. The lowest BCUT2D eigenvalue weighted by atomic mass is 10.0. The second-order valence-electron chi connectivity index (χ2n) is 8.20. The first kappa shape index (κ1) is 27.8. The van der Waals surface area contributed by atoms with Gasteiger partial charge in [0.25, 0.3) is 0 Å². The maximum absolute atomic E-state index is 12.8. The highest BCUT2D eigenvalue weighted by atomic mass is 16.4. The van der Waals surface area contributed by atoms with Crippen molar-refractivity contribution in [2.45, 2.75) is 50.4 Å². The lowest BCUT2D eigenvalue weighted by molar-refractivity contribution is -0.142. The van der Waals surface area contributed by atoms with Gasteiger partial charge in [-0.15, -0.1) is 0 Å². The van der Waals surface area contributed by atoms with Gasteiger partial charge >= 0.3 is 5.97 Å². The maximum atomic E-state index is 12.8. The second-order valence-corrected chi connectivity index (χ2v) is 8.20. The van der Waals surface area contributed by atoms with Crippen molar-refractivity contribution in [3.63, 3.8) is 0 Å². The molecule has 1 heterocycles. The van der Waals surface area contributed by atoms with Crippen molar-refractivity contribution in [2.24, 2.45) is 17.2 Å². The van der Waals surface area contributed by atoms with Crippen LogP contribution in [0.15, 0.2) is 30.5 Å². The molecule has 0 saturated heterocycles. The van der Waals surface area contributed by atoms with Crippen molar-refractivity contribution >= 4 is 46.4 Å². The standard InChI is InChI=1S/C22H29N7O7/c1-10(22(35)36)27-20(33)15(7-17(24)30)29-21(34)16(8-18(25)31)28-19(32)13(23)6-11-9-26-14-5-3-2-4-12(11)14/h2-5,9-10,13,15-16,26H,6-8,23H2,1H3,(H2,24,30)(H2,25,31)(H,27,33)(H,28,32)(H,29,34)(H,35,36). The Morgan fingerprint density at radius 3 is 1.97 bits per heavy atom. The van der Waals surface area contributed by atoms with E-state index >= 15 is 0 Å². The lowest BCUT2D eigenvalue weighted by Crippen LogP contribution is -2.58. The molecule has 1 aromatic carbocycles. The summed E-state index contributed by atoms with van der Waals surface area (Å²) in [4.78, 5) is 74.9. The van der Waals surface area contributed by atoms with Crippen LogP contribution in [0.4, 0.5) is 0 Å². The predicted molar refractivity (Wildman–Crippen MR) is 127 cm³/mol. The van der Waals surface area contributed by atoms with Crippen molar-refractivity contribution in [1.82, 2.24) is 20.9 Å². The molecule has 0 aliphatic heterocycles. The smallest absolute Gasteiger partial charge is 0.325 e. The van der Waals surface area contributed by atoms with Gasteiger partial charge < -0.3 is 43.2 Å². The Bertz CT molecular complexity index is 1160. The molecule has 194 valence electrons. The van der Waals surface area contributed by atoms with Crippen molar-refractivity contribution in [1.29, 1.82) is 0 Å². The number of aromatic amines is 1. The first-order valence-corrected chi connectivity index (χ1v) is 10.9. The topological polar surface area (TPSA) is 253 Å². The van der Waals surface area contributed by atoms with Gasteiger partial charge in [0.1, 0.15) is 18.1 Å². The van der Waals surface area contributed by atoms with Crippen LogP contribution in [0.3, 0.4) is 0 Å². The number of primary amides is 2. The Morgan fingerprint density at radius 1 is 0.889 bits per heavy atom. The zero-order chi connectivity index (χ0) is 27.0. The SMILES string of the molecule is CC(NC(=O)C(CC(N)=O)NC(=O)C(CC(N)=O)NC(=O)C(N)Cc1c[nH]c2ccccc12)C(=O)O. The number of fused-ring (bicyclic) bond motifs is 1. The minimum Gasteiger partial charge on any atom is -0.480 e. The first-order valence-electron chi connectivity index (χ1n) is 10.9. The molecule has 0 spiro atoms. The van der Waals surface area contributed by atoms with Gasteiger partial charge in [0.2, 0.25) is 29.5 Å². The first-order chi connectivity index (χ1) is 16.9. The molecule has 1 aromatic heterocycles. The van der Waals surface area contributed by atoms with E-state index in [0.717, 1.165) is 16.5 Å². The molecule has 5 amide bonds. The number of aromatic nitrogens is 1. The Hall–Kier alpha value is -4.46. The van der Waals surface area contributed by atoms with Crippen LogP contribution in [0.1, 0.15) is 25.3 Å². The molecule has 0 aliphatic rings.